The number of carboxylic acids is 1. The highest BCUT2D eigenvalue weighted by Crippen LogP contribution is 2.25. The summed E-state index contributed by atoms with van der Waals surface area (Å²) < 4.78 is 4.85. The summed E-state index contributed by atoms with van der Waals surface area (Å²) in [7, 11) is 1.50. The lowest BCUT2D eigenvalue weighted by atomic mass is 10.1. The van der Waals surface area contributed by atoms with E-state index in [1.54, 1.807) is 0 Å². The van der Waals surface area contributed by atoms with E-state index in [0.29, 0.717) is 6.42 Å². The van der Waals surface area contributed by atoms with Crippen LogP contribution in [0.4, 0.5) is 5.69 Å². The zero-order chi connectivity index (χ0) is 14.5. The molecule has 0 aromatic heterocycles. The Bertz CT molecular complexity index is 479. The van der Waals surface area contributed by atoms with Gasteiger partial charge in [0.1, 0.15) is 12.1 Å². The van der Waals surface area contributed by atoms with Gasteiger partial charge in [0, 0.05) is 32.2 Å². The van der Waals surface area contributed by atoms with Crippen LogP contribution in [0.15, 0.2) is 24.3 Å². The number of rotatable bonds is 6. The molecular weight excluding hydrogens is 260 g/mol. The molecule has 6 heteroatoms. The fourth-order valence-electron chi connectivity index (χ4n) is 2.22. The largest absolute Gasteiger partial charge is 0.480 e. The average Bonchev–Trinajstić information content (AvgIpc) is 2.86. The maximum atomic E-state index is 12.1. The second kappa shape index (κ2) is 6.38. The predicted molar refractivity (Wildman–Crippen MR) is 73.6 cm³/mol. The highest BCUT2D eigenvalue weighted by Gasteiger charge is 2.29. The first-order valence-electron chi connectivity index (χ1n) is 6.48. The van der Waals surface area contributed by atoms with E-state index in [9.17, 15) is 9.59 Å². The number of aliphatic carboxylic acids is 1. The Hall–Kier alpha value is -2.08. The standard InChI is InChI=1S/C14H18N2O4/c1-20-7-6-11(14(18)19)16-13(17)12-8-9-4-2-3-5-10(9)15-12/h2-5,11-12,15H,6-8H2,1H3,(H,16,17)(H,18,19)/t11?,12-/m0/s1. The van der Waals surface area contributed by atoms with Crippen molar-refractivity contribution >= 4 is 17.6 Å². The van der Waals surface area contributed by atoms with Crippen LogP contribution in [0.2, 0.25) is 0 Å². The van der Waals surface area contributed by atoms with Crippen LogP contribution in [0, 0.1) is 0 Å². The van der Waals surface area contributed by atoms with E-state index in [0.717, 1.165) is 11.3 Å². The van der Waals surface area contributed by atoms with E-state index >= 15 is 0 Å². The summed E-state index contributed by atoms with van der Waals surface area (Å²) in [4.78, 5) is 23.2. The number of methoxy groups -OCH3 is 1. The molecule has 2 rings (SSSR count). The fraction of sp³-hybridized carbons (Fsp3) is 0.429. The van der Waals surface area contributed by atoms with Crippen LogP contribution in [-0.4, -0.2) is 42.8 Å². The lowest BCUT2D eigenvalue weighted by molar-refractivity contribution is -0.142. The summed E-state index contributed by atoms with van der Waals surface area (Å²) >= 11 is 0. The number of ether oxygens (including phenoxy) is 1. The Labute approximate surface area is 117 Å². The molecule has 0 fully saturated rings. The minimum Gasteiger partial charge on any atom is -0.480 e. The van der Waals surface area contributed by atoms with E-state index in [-0.39, 0.29) is 18.9 Å². The molecule has 20 heavy (non-hydrogen) atoms. The number of carbonyl (C=O) groups excluding carboxylic acids is 1. The van der Waals surface area contributed by atoms with E-state index < -0.39 is 18.1 Å². The molecule has 1 aliphatic heterocycles. The van der Waals surface area contributed by atoms with Crippen molar-refractivity contribution in [2.24, 2.45) is 0 Å². The highest BCUT2D eigenvalue weighted by atomic mass is 16.5. The Balaban J connectivity index is 1.94. The zero-order valence-corrected chi connectivity index (χ0v) is 11.3. The van der Waals surface area contributed by atoms with Crippen molar-refractivity contribution < 1.29 is 19.4 Å². The van der Waals surface area contributed by atoms with E-state index in [1.807, 2.05) is 24.3 Å². The topological polar surface area (TPSA) is 87.7 Å². The van der Waals surface area contributed by atoms with E-state index in [1.165, 1.54) is 7.11 Å². The Morgan fingerprint density at radius 1 is 1.50 bits per heavy atom. The van der Waals surface area contributed by atoms with Crippen molar-refractivity contribution in [2.45, 2.75) is 24.9 Å². The lowest BCUT2D eigenvalue weighted by Gasteiger charge is -2.17. The molecule has 0 radical (unpaired) electrons. The Morgan fingerprint density at radius 3 is 2.90 bits per heavy atom. The molecule has 0 aliphatic carbocycles. The third kappa shape index (κ3) is 3.27. The van der Waals surface area contributed by atoms with Crippen molar-refractivity contribution in [3.63, 3.8) is 0 Å². The average molecular weight is 278 g/mol. The second-order valence-electron chi connectivity index (χ2n) is 4.74. The summed E-state index contributed by atoms with van der Waals surface area (Å²) in [6.45, 7) is 0.287. The SMILES string of the molecule is COCCC(NC(=O)[C@@H]1Cc2ccccc2N1)C(=O)O. The van der Waals surface area contributed by atoms with Gasteiger partial charge in [-0.25, -0.2) is 4.79 Å². The van der Waals surface area contributed by atoms with Gasteiger partial charge in [0.2, 0.25) is 5.91 Å². The molecule has 1 aromatic rings. The van der Waals surface area contributed by atoms with Gasteiger partial charge in [-0.15, -0.1) is 0 Å². The maximum absolute atomic E-state index is 12.1. The Morgan fingerprint density at radius 2 is 2.25 bits per heavy atom. The van der Waals surface area contributed by atoms with E-state index in [2.05, 4.69) is 10.6 Å². The number of carboxylic acid groups (broad SMARTS) is 1. The third-order valence-corrected chi connectivity index (χ3v) is 3.31. The van der Waals surface area contributed by atoms with Crippen LogP contribution in [0.5, 0.6) is 0 Å². The van der Waals surface area contributed by atoms with Crippen molar-refractivity contribution in [2.75, 3.05) is 19.0 Å². The van der Waals surface area contributed by atoms with Crippen molar-refractivity contribution in [1.29, 1.82) is 0 Å². The zero-order valence-electron chi connectivity index (χ0n) is 11.3. The molecule has 108 valence electrons. The molecule has 0 saturated carbocycles. The number of carbonyl (C=O) groups is 2. The highest BCUT2D eigenvalue weighted by molar-refractivity contribution is 5.90. The van der Waals surface area contributed by atoms with Crippen molar-refractivity contribution in [3.05, 3.63) is 29.8 Å². The number of nitrogens with one attached hydrogen (secondary N) is 2. The first-order chi connectivity index (χ1) is 9.61. The minimum absolute atomic E-state index is 0.247. The number of anilines is 1. The van der Waals surface area contributed by atoms with Gasteiger partial charge in [-0.3, -0.25) is 4.79 Å². The molecule has 3 N–H and O–H groups in total. The van der Waals surface area contributed by atoms with Crippen LogP contribution in [0.25, 0.3) is 0 Å². The molecule has 0 spiro atoms. The van der Waals surface area contributed by atoms with Gasteiger partial charge in [0.25, 0.3) is 0 Å². The van der Waals surface area contributed by atoms with Crippen LogP contribution in [-0.2, 0) is 20.7 Å². The summed E-state index contributed by atoms with van der Waals surface area (Å²) in [5, 5.41) is 14.7. The van der Waals surface area contributed by atoms with Crippen molar-refractivity contribution in [1.82, 2.24) is 5.32 Å². The van der Waals surface area contributed by atoms with Crippen LogP contribution in [0.1, 0.15) is 12.0 Å². The second-order valence-corrected chi connectivity index (χ2v) is 4.74. The molecular formula is C14H18N2O4. The number of para-hydroxylation sites is 1. The number of amides is 1. The molecule has 6 nitrogen and oxygen atoms in total. The van der Waals surface area contributed by atoms with Gasteiger partial charge in [-0.05, 0) is 11.6 Å². The molecule has 2 atom stereocenters. The Kier molecular flexibility index (Phi) is 4.57. The van der Waals surface area contributed by atoms with Crippen LogP contribution >= 0.6 is 0 Å². The maximum Gasteiger partial charge on any atom is 0.326 e. The first kappa shape index (κ1) is 14.3. The van der Waals surface area contributed by atoms with Gasteiger partial charge in [0.05, 0.1) is 0 Å². The van der Waals surface area contributed by atoms with Gasteiger partial charge >= 0.3 is 5.97 Å². The minimum atomic E-state index is -1.05. The molecule has 1 unspecified atom stereocenters. The molecule has 1 heterocycles. The van der Waals surface area contributed by atoms with Crippen molar-refractivity contribution in [3.8, 4) is 0 Å². The quantitative estimate of drug-likeness (QED) is 0.710. The summed E-state index contributed by atoms with van der Waals surface area (Å²) in [5.41, 5.74) is 1.99. The fourth-order valence-corrected chi connectivity index (χ4v) is 2.22. The van der Waals surface area contributed by atoms with Gasteiger partial charge in [-0.2, -0.15) is 0 Å². The van der Waals surface area contributed by atoms with Gasteiger partial charge < -0.3 is 20.5 Å². The number of fused-ring (bicyclic) bond motifs is 1. The summed E-state index contributed by atoms with van der Waals surface area (Å²) in [5.74, 6) is -1.35. The van der Waals surface area contributed by atoms with Gasteiger partial charge in [0.15, 0.2) is 0 Å². The predicted octanol–water partition coefficient (Wildman–Crippen LogP) is 0.629. The van der Waals surface area contributed by atoms with Crippen LogP contribution < -0.4 is 10.6 Å². The lowest BCUT2D eigenvalue weighted by Crippen LogP contribution is -2.47. The van der Waals surface area contributed by atoms with Crippen LogP contribution in [0.3, 0.4) is 0 Å². The smallest absolute Gasteiger partial charge is 0.326 e. The molecule has 0 bridgehead atoms. The number of hydrogen-bond acceptors (Lipinski definition) is 4. The van der Waals surface area contributed by atoms with Gasteiger partial charge in [-0.1, -0.05) is 18.2 Å². The first-order valence-corrected chi connectivity index (χ1v) is 6.48. The van der Waals surface area contributed by atoms with E-state index in [4.69, 9.17) is 9.84 Å². The molecule has 1 aromatic carbocycles. The summed E-state index contributed by atoms with van der Waals surface area (Å²) in [6.07, 6.45) is 0.815. The third-order valence-electron chi connectivity index (χ3n) is 3.31. The number of benzene rings is 1. The molecule has 0 saturated heterocycles. The summed E-state index contributed by atoms with van der Waals surface area (Å²) in [6, 6.07) is 6.33. The normalized spacial score (nSPS) is 17.9. The molecule has 1 amide bonds. The number of hydrogen-bond donors (Lipinski definition) is 3. The molecule has 1 aliphatic rings. The monoisotopic (exact) mass is 278 g/mol.